The zero-order chi connectivity index (χ0) is 14.2. The second-order valence-corrected chi connectivity index (χ2v) is 4.65. The normalized spacial score (nSPS) is 10.9. The highest BCUT2D eigenvalue weighted by Crippen LogP contribution is 2.22. The van der Waals surface area contributed by atoms with Crippen LogP contribution in [0.3, 0.4) is 0 Å². The summed E-state index contributed by atoms with van der Waals surface area (Å²) in [5.74, 6) is 1.41. The fraction of sp³-hybridized carbons (Fsp3) is 0.375. The molecule has 1 aromatic carbocycles. The van der Waals surface area contributed by atoms with Crippen molar-refractivity contribution in [3.8, 4) is 11.3 Å². The highest BCUT2D eigenvalue weighted by molar-refractivity contribution is 5.57. The van der Waals surface area contributed by atoms with Gasteiger partial charge in [-0.15, -0.1) is 0 Å². The van der Waals surface area contributed by atoms with Crippen LogP contribution >= 0.6 is 0 Å². The number of benzene rings is 1. The quantitative estimate of drug-likeness (QED) is 0.749. The Morgan fingerprint density at radius 3 is 2.65 bits per heavy atom. The predicted molar refractivity (Wildman–Crippen MR) is 76.9 cm³/mol. The minimum absolute atomic E-state index is 0.238. The van der Waals surface area contributed by atoms with E-state index in [0.717, 1.165) is 43.1 Å². The number of hydrogen-bond donors (Lipinski definition) is 1. The molecule has 0 bridgehead atoms. The summed E-state index contributed by atoms with van der Waals surface area (Å²) in [6.45, 7) is 2.45. The third-order valence-corrected chi connectivity index (χ3v) is 3.04. The zero-order valence-electron chi connectivity index (χ0n) is 11.7. The highest BCUT2D eigenvalue weighted by Gasteiger charge is 2.04. The molecule has 1 heterocycles. The van der Waals surface area contributed by atoms with Crippen molar-refractivity contribution in [3.63, 3.8) is 0 Å². The van der Waals surface area contributed by atoms with E-state index in [2.05, 4.69) is 5.32 Å². The number of furan rings is 1. The van der Waals surface area contributed by atoms with Crippen LogP contribution in [0.2, 0.25) is 0 Å². The van der Waals surface area contributed by atoms with E-state index >= 15 is 0 Å². The van der Waals surface area contributed by atoms with Gasteiger partial charge in [0, 0.05) is 19.3 Å². The third-order valence-electron chi connectivity index (χ3n) is 3.04. The molecule has 4 heteroatoms. The van der Waals surface area contributed by atoms with Gasteiger partial charge in [0.05, 0.1) is 6.54 Å². The molecule has 0 fully saturated rings. The van der Waals surface area contributed by atoms with Gasteiger partial charge >= 0.3 is 0 Å². The van der Waals surface area contributed by atoms with Crippen molar-refractivity contribution < 1.29 is 13.5 Å². The fourth-order valence-electron chi connectivity index (χ4n) is 1.95. The molecule has 0 spiro atoms. The largest absolute Gasteiger partial charge is 0.460 e. The van der Waals surface area contributed by atoms with Crippen LogP contribution in [0.1, 0.15) is 18.6 Å². The Labute approximate surface area is 118 Å². The van der Waals surface area contributed by atoms with Crippen molar-refractivity contribution in [3.05, 3.63) is 48.0 Å². The Kier molecular flexibility index (Phi) is 5.77. The van der Waals surface area contributed by atoms with E-state index in [1.165, 1.54) is 12.1 Å². The second kappa shape index (κ2) is 7.82. The Hall–Kier alpha value is -1.65. The Bertz CT molecular complexity index is 507. The first-order valence-electron chi connectivity index (χ1n) is 6.84. The maximum atomic E-state index is 12.9. The summed E-state index contributed by atoms with van der Waals surface area (Å²) < 4.78 is 23.6. The molecule has 20 heavy (non-hydrogen) atoms. The summed E-state index contributed by atoms with van der Waals surface area (Å²) in [6.07, 6.45) is 2.14. The summed E-state index contributed by atoms with van der Waals surface area (Å²) in [7, 11) is 1.72. The molecule has 0 aliphatic carbocycles. The maximum absolute atomic E-state index is 12.9. The average molecular weight is 277 g/mol. The van der Waals surface area contributed by atoms with E-state index in [-0.39, 0.29) is 5.82 Å². The van der Waals surface area contributed by atoms with Gasteiger partial charge in [0.15, 0.2) is 0 Å². The molecule has 0 aliphatic heterocycles. The van der Waals surface area contributed by atoms with Gasteiger partial charge in [0.1, 0.15) is 17.3 Å². The third kappa shape index (κ3) is 4.47. The molecule has 1 aromatic heterocycles. The first-order valence-corrected chi connectivity index (χ1v) is 6.84. The Balaban J connectivity index is 1.79. The van der Waals surface area contributed by atoms with Gasteiger partial charge in [-0.1, -0.05) is 0 Å². The van der Waals surface area contributed by atoms with Gasteiger partial charge in [-0.25, -0.2) is 4.39 Å². The van der Waals surface area contributed by atoms with Crippen molar-refractivity contribution >= 4 is 0 Å². The molecule has 0 atom stereocenters. The van der Waals surface area contributed by atoms with Crippen molar-refractivity contribution in [2.75, 3.05) is 20.3 Å². The maximum Gasteiger partial charge on any atom is 0.134 e. The molecule has 0 saturated heterocycles. The van der Waals surface area contributed by atoms with Crippen LogP contribution in [0.15, 0.2) is 40.8 Å². The van der Waals surface area contributed by atoms with Gasteiger partial charge in [0.2, 0.25) is 0 Å². The van der Waals surface area contributed by atoms with E-state index < -0.39 is 0 Å². The molecule has 108 valence electrons. The van der Waals surface area contributed by atoms with Gasteiger partial charge < -0.3 is 14.5 Å². The lowest BCUT2D eigenvalue weighted by molar-refractivity contribution is 0.192. The lowest BCUT2D eigenvalue weighted by atomic mass is 10.2. The monoisotopic (exact) mass is 277 g/mol. The van der Waals surface area contributed by atoms with E-state index in [0.29, 0.717) is 6.54 Å². The molecule has 0 unspecified atom stereocenters. The van der Waals surface area contributed by atoms with E-state index in [1.54, 1.807) is 19.2 Å². The van der Waals surface area contributed by atoms with Crippen LogP contribution in [0.25, 0.3) is 11.3 Å². The van der Waals surface area contributed by atoms with Gasteiger partial charge in [-0.2, -0.15) is 0 Å². The van der Waals surface area contributed by atoms with E-state index in [1.807, 2.05) is 12.1 Å². The number of halogens is 1. The van der Waals surface area contributed by atoms with Crippen LogP contribution in [-0.4, -0.2) is 20.3 Å². The van der Waals surface area contributed by atoms with Crippen molar-refractivity contribution in [1.29, 1.82) is 0 Å². The average Bonchev–Trinajstić information content (AvgIpc) is 2.92. The Morgan fingerprint density at radius 1 is 1.10 bits per heavy atom. The number of unbranched alkanes of at least 4 members (excludes halogenated alkanes) is 1. The minimum Gasteiger partial charge on any atom is -0.460 e. The van der Waals surface area contributed by atoms with Crippen LogP contribution in [0.4, 0.5) is 4.39 Å². The lowest BCUT2D eigenvalue weighted by Gasteiger charge is -2.02. The number of nitrogens with one attached hydrogen (secondary N) is 1. The molecule has 0 radical (unpaired) electrons. The molecular weight excluding hydrogens is 257 g/mol. The van der Waals surface area contributed by atoms with Crippen LogP contribution in [0, 0.1) is 5.82 Å². The topological polar surface area (TPSA) is 34.4 Å². The van der Waals surface area contributed by atoms with Gasteiger partial charge in [0.25, 0.3) is 0 Å². The highest BCUT2D eigenvalue weighted by atomic mass is 19.1. The van der Waals surface area contributed by atoms with Crippen molar-refractivity contribution in [2.45, 2.75) is 19.4 Å². The number of hydrogen-bond acceptors (Lipinski definition) is 3. The summed E-state index contributed by atoms with van der Waals surface area (Å²) in [6, 6.07) is 10.2. The predicted octanol–water partition coefficient (Wildman–Crippen LogP) is 3.60. The number of ether oxygens (including phenoxy) is 1. The van der Waals surface area contributed by atoms with E-state index in [9.17, 15) is 4.39 Å². The van der Waals surface area contributed by atoms with Gasteiger partial charge in [-0.05, 0) is 55.8 Å². The first kappa shape index (κ1) is 14.8. The van der Waals surface area contributed by atoms with Crippen molar-refractivity contribution in [2.24, 2.45) is 0 Å². The molecule has 0 saturated carbocycles. The lowest BCUT2D eigenvalue weighted by Crippen LogP contribution is -2.14. The zero-order valence-corrected chi connectivity index (χ0v) is 11.7. The van der Waals surface area contributed by atoms with Gasteiger partial charge in [-0.3, -0.25) is 0 Å². The summed E-state index contributed by atoms with van der Waals surface area (Å²) >= 11 is 0. The molecule has 2 rings (SSSR count). The molecule has 0 amide bonds. The molecule has 2 aromatic rings. The molecular formula is C16H20FNO2. The number of methoxy groups -OCH3 is 1. The SMILES string of the molecule is COCCCCNCc1ccc(-c2ccc(F)cc2)o1. The first-order chi connectivity index (χ1) is 9.79. The van der Waals surface area contributed by atoms with E-state index in [4.69, 9.17) is 9.15 Å². The molecule has 0 aliphatic rings. The Morgan fingerprint density at radius 2 is 1.90 bits per heavy atom. The minimum atomic E-state index is -0.238. The van der Waals surface area contributed by atoms with Crippen LogP contribution in [-0.2, 0) is 11.3 Å². The summed E-state index contributed by atoms with van der Waals surface area (Å²) in [5, 5.41) is 3.33. The van der Waals surface area contributed by atoms with Crippen LogP contribution in [0.5, 0.6) is 0 Å². The van der Waals surface area contributed by atoms with Crippen molar-refractivity contribution in [1.82, 2.24) is 5.32 Å². The summed E-state index contributed by atoms with van der Waals surface area (Å²) in [4.78, 5) is 0. The molecule has 1 N–H and O–H groups in total. The smallest absolute Gasteiger partial charge is 0.134 e. The fourth-order valence-corrected chi connectivity index (χ4v) is 1.95. The standard InChI is InChI=1S/C16H20FNO2/c1-19-11-3-2-10-18-12-15-8-9-16(20-15)13-4-6-14(17)7-5-13/h4-9,18H,2-3,10-12H2,1H3. The summed E-state index contributed by atoms with van der Waals surface area (Å²) in [5.41, 5.74) is 0.887. The number of rotatable bonds is 8. The second-order valence-electron chi connectivity index (χ2n) is 4.65. The van der Waals surface area contributed by atoms with Crippen LogP contribution < -0.4 is 5.32 Å². The molecule has 3 nitrogen and oxygen atoms in total.